The van der Waals surface area contributed by atoms with Gasteiger partial charge in [-0.3, -0.25) is 0 Å². The summed E-state index contributed by atoms with van der Waals surface area (Å²) in [6, 6.07) is 6.42. The summed E-state index contributed by atoms with van der Waals surface area (Å²) >= 11 is 0. The monoisotopic (exact) mass is 207 g/mol. The average Bonchev–Trinajstić information content (AvgIpc) is 2.21. The maximum atomic E-state index is 5.61. The van der Waals surface area contributed by atoms with Gasteiger partial charge in [0.25, 0.3) is 0 Å². The Labute approximate surface area is 92.6 Å². The van der Waals surface area contributed by atoms with Gasteiger partial charge in [0.1, 0.15) is 5.75 Å². The summed E-state index contributed by atoms with van der Waals surface area (Å²) in [5.74, 6) is 1.52. The highest BCUT2D eigenvalue weighted by Gasteiger charge is 2.08. The van der Waals surface area contributed by atoms with Crippen molar-refractivity contribution in [2.75, 3.05) is 13.7 Å². The van der Waals surface area contributed by atoms with Crippen molar-refractivity contribution in [3.63, 3.8) is 0 Å². The van der Waals surface area contributed by atoms with Gasteiger partial charge in [-0.25, -0.2) is 0 Å². The highest BCUT2D eigenvalue weighted by atomic mass is 16.5. The van der Waals surface area contributed by atoms with Gasteiger partial charge in [0.15, 0.2) is 0 Å². The molecule has 15 heavy (non-hydrogen) atoms. The molecule has 0 saturated carbocycles. The van der Waals surface area contributed by atoms with Crippen LogP contribution in [0.15, 0.2) is 18.2 Å². The molecular weight excluding hydrogens is 186 g/mol. The number of hydrogen-bond acceptors (Lipinski definition) is 2. The molecule has 0 atom stereocenters. The minimum atomic E-state index is 0.503. The summed E-state index contributed by atoms with van der Waals surface area (Å²) in [5.41, 5.74) is 2.61. The zero-order valence-electron chi connectivity index (χ0n) is 10.1. The second kappa shape index (κ2) is 5.76. The van der Waals surface area contributed by atoms with E-state index in [0.29, 0.717) is 5.92 Å². The molecule has 2 heteroatoms. The van der Waals surface area contributed by atoms with E-state index >= 15 is 0 Å². The minimum absolute atomic E-state index is 0.503. The van der Waals surface area contributed by atoms with E-state index < -0.39 is 0 Å². The smallest absolute Gasteiger partial charge is 0.122 e. The van der Waals surface area contributed by atoms with Crippen molar-refractivity contribution < 1.29 is 4.74 Å². The second-order valence-electron chi connectivity index (χ2n) is 3.99. The number of benzene rings is 1. The van der Waals surface area contributed by atoms with Crippen LogP contribution in [0.5, 0.6) is 5.75 Å². The molecule has 0 aromatic heterocycles. The van der Waals surface area contributed by atoms with Gasteiger partial charge in [-0.1, -0.05) is 26.0 Å². The standard InChI is InChI=1S/C13H21NO/c1-5-15-13-7-6-11(9-14-4)8-12(13)10(2)3/h6-8,10,14H,5,9H2,1-4H3. The Morgan fingerprint density at radius 3 is 2.60 bits per heavy atom. The van der Waals surface area contributed by atoms with Crippen molar-refractivity contribution in [2.45, 2.75) is 33.2 Å². The molecule has 1 aromatic carbocycles. The van der Waals surface area contributed by atoms with Crippen LogP contribution in [-0.2, 0) is 6.54 Å². The van der Waals surface area contributed by atoms with Crippen LogP contribution >= 0.6 is 0 Å². The third-order valence-corrected chi connectivity index (χ3v) is 2.38. The molecule has 0 amide bonds. The largest absolute Gasteiger partial charge is 0.494 e. The first-order chi connectivity index (χ1) is 7.19. The van der Waals surface area contributed by atoms with Crippen LogP contribution in [0.4, 0.5) is 0 Å². The van der Waals surface area contributed by atoms with E-state index in [1.165, 1.54) is 11.1 Å². The maximum Gasteiger partial charge on any atom is 0.122 e. The van der Waals surface area contributed by atoms with E-state index in [0.717, 1.165) is 18.9 Å². The zero-order chi connectivity index (χ0) is 11.3. The predicted octanol–water partition coefficient (Wildman–Crippen LogP) is 2.93. The molecule has 84 valence electrons. The lowest BCUT2D eigenvalue weighted by molar-refractivity contribution is 0.335. The van der Waals surface area contributed by atoms with E-state index in [1.807, 2.05) is 14.0 Å². The van der Waals surface area contributed by atoms with Gasteiger partial charge in [-0.05, 0) is 37.1 Å². The molecule has 0 unspecified atom stereocenters. The molecule has 0 heterocycles. The predicted molar refractivity (Wildman–Crippen MR) is 64.5 cm³/mol. The number of ether oxygens (including phenoxy) is 1. The van der Waals surface area contributed by atoms with E-state index in [4.69, 9.17) is 4.74 Å². The SMILES string of the molecule is CCOc1ccc(CNC)cc1C(C)C. The van der Waals surface area contributed by atoms with E-state index in [-0.39, 0.29) is 0 Å². The molecule has 0 aliphatic heterocycles. The van der Waals surface area contributed by atoms with Gasteiger partial charge in [0, 0.05) is 6.54 Å². The molecule has 1 aromatic rings. The summed E-state index contributed by atoms with van der Waals surface area (Å²) in [5, 5.41) is 3.16. The summed E-state index contributed by atoms with van der Waals surface area (Å²) in [7, 11) is 1.96. The summed E-state index contributed by atoms with van der Waals surface area (Å²) in [6.45, 7) is 8.05. The molecule has 1 rings (SSSR count). The first-order valence-electron chi connectivity index (χ1n) is 5.59. The van der Waals surface area contributed by atoms with Crippen LogP contribution < -0.4 is 10.1 Å². The van der Waals surface area contributed by atoms with Gasteiger partial charge in [-0.2, -0.15) is 0 Å². The summed E-state index contributed by atoms with van der Waals surface area (Å²) in [4.78, 5) is 0. The molecule has 1 N–H and O–H groups in total. The molecule has 2 nitrogen and oxygen atoms in total. The first-order valence-corrected chi connectivity index (χ1v) is 5.59. The average molecular weight is 207 g/mol. The van der Waals surface area contributed by atoms with Crippen LogP contribution in [0.2, 0.25) is 0 Å². The fourth-order valence-corrected chi connectivity index (χ4v) is 1.65. The van der Waals surface area contributed by atoms with Crippen molar-refractivity contribution in [2.24, 2.45) is 0 Å². The highest BCUT2D eigenvalue weighted by molar-refractivity contribution is 5.39. The van der Waals surface area contributed by atoms with Gasteiger partial charge < -0.3 is 10.1 Å². The lowest BCUT2D eigenvalue weighted by Gasteiger charge is -2.14. The van der Waals surface area contributed by atoms with Crippen LogP contribution in [-0.4, -0.2) is 13.7 Å². The highest BCUT2D eigenvalue weighted by Crippen LogP contribution is 2.27. The fraction of sp³-hybridized carbons (Fsp3) is 0.538. The molecule has 0 bridgehead atoms. The second-order valence-corrected chi connectivity index (χ2v) is 3.99. The topological polar surface area (TPSA) is 21.3 Å². The lowest BCUT2D eigenvalue weighted by atomic mass is 9.99. The Morgan fingerprint density at radius 2 is 2.07 bits per heavy atom. The third-order valence-electron chi connectivity index (χ3n) is 2.38. The quantitative estimate of drug-likeness (QED) is 0.801. The van der Waals surface area contributed by atoms with Crippen molar-refractivity contribution in [3.05, 3.63) is 29.3 Å². The number of hydrogen-bond donors (Lipinski definition) is 1. The van der Waals surface area contributed by atoms with E-state index in [9.17, 15) is 0 Å². The van der Waals surface area contributed by atoms with Crippen LogP contribution in [0.25, 0.3) is 0 Å². The molecule has 0 fully saturated rings. The van der Waals surface area contributed by atoms with Gasteiger partial charge >= 0.3 is 0 Å². The van der Waals surface area contributed by atoms with Crippen LogP contribution in [0.3, 0.4) is 0 Å². The van der Waals surface area contributed by atoms with Crippen molar-refractivity contribution in [1.82, 2.24) is 5.32 Å². The normalized spacial score (nSPS) is 10.7. The molecule has 0 saturated heterocycles. The van der Waals surface area contributed by atoms with Crippen molar-refractivity contribution >= 4 is 0 Å². The maximum absolute atomic E-state index is 5.61. The Balaban J connectivity index is 2.97. The Bertz CT molecular complexity index is 307. The van der Waals surface area contributed by atoms with Crippen molar-refractivity contribution in [1.29, 1.82) is 0 Å². The number of rotatable bonds is 5. The molecule has 0 aliphatic rings. The Kier molecular flexibility index (Phi) is 4.63. The number of nitrogens with one attached hydrogen (secondary N) is 1. The summed E-state index contributed by atoms with van der Waals surface area (Å²) in [6.07, 6.45) is 0. The molecule has 0 spiro atoms. The van der Waals surface area contributed by atoms with E-state index in [2.05, 4.69) is 37.4 Å². The fourth-order valence-electron chi connectivity index (χ4n) is 1.65. The molecule has 0 radical (unpaired) electrons. The molecular formula is C13H21NO. The van der Waals surface area contributed by atoms with E-state index in [1.54, 1.807) is 0 Å². The first kappa shape index (κ1) is 12.1. The third kappa shape index (κ3) is 3.24. The Hall–Kier alpha value is -1.02. The zero-order valence-corrected chi connectivity index (χ0v) is 10.1. The van der Waals surface area contributed by atoms with Gasteiger partial charge in [0.2, 0.25) is 0 Å². The van der Waals surface area contributed by atoms with Crippen molar-refractivity contribution in [3.8, 4) is 5.75 Å². The van der Waals surface area contributed by atoms with Gasteiger partial charge in [0.05, 0.1) is 6.61 Å². The van der Waals surface area contributed by atoms with Gasteiger partial charge in [-0.15, -0.1) is 0 Å². The van der Waals surface area contributed by atoms with Crippen LogP contribution in [0.1, 0.15) is 37.8 Å². The lowest BCUT2D eigenvalue weighted by Crippen LogP contribution is -2.06. The Morgan fingerprint density at radius 1 is 1.33 bits per heavy atom. The van der Waals surface area contributed by atoms with Crippen LogP contribution in [0, 0.1) is 0 Å². The summed E-state index contributed by atoms with van der Waals surface area (Å²) < 4.78 is 5.61. The minimum Gasteiger partial charge on any atom is -0.494 e. The molecule has 0 aliphatic carbocycles.